The van der Waals surface area contributed by atoms with Crippen molar-refractivity contribution in [2.24, 2.45) is 5.41 Å². The third-order valence-corrected chi connectivity index (χ3v) is 8.00. The van der Waals surface area contributed by atoms with Gasteiger partial charge in [-0.2, -0.15) is 0 Å². The molecular weight excluding hydrogens is 508 g/mol. The highest BCUT2D eigenvalue weighted by Crippen LogP contribution is 2.44. The van der Waals surface area contributed by atoms with Crippen molar-refractivity contribution in [2.45, 2.75) is 129 Å². The number of hydrogen-bond acceptors (Lipinski definition) is 6. The number of alkyl carbamates (subject to hydrolysis) is 1. The van der Waals surface area contributed by atoms with E-state index in [9.17, 15) is 19.2 Å². The summed E-state index contributed by atoms with van der Waals surface area (Å²) >= 11 is 0. The maximum atomic E-state index is 13.8. The predicted octanol–water partition coefficient (Wildman–Crippen LogP) is 5.45. The van der Waals surface area contributed by atoms with Gasteiger partial charge in [0.25, 0.3) is 5.91 Å². The van der Waals surface area contributed by atoms with Crippen molar-refractivity contribution in [3.8, 4) is 0 Å². The van der Waals surface area contributed by atoms with E-state index >= 15 is 0 Å². The Kier molecular flexibility index (Phi) is 8.80. The minimum absolute atomic E-state index is 0.0733. The van der Waals surface area contributed by atoms with Crippen LogP contribution in [-0.4, -0.2) is 52.4 Å². The molecule has 0 spiro atoms. The summed E-state index contributed by atoms with van der Waals surface area (Å²) in [5.41, 5.74) is 2.16. The van der Waals surface area contributed by atoms with Crippen LogP contribution in [0.4, 0.5) is 10.5 Å². The molecule has 0 aromatic heterocycles. The zero-order chi connectivity index (χ0) is 29.2. The Morgan fingerprint density at radius 1 is 1.00 bits per heavy atom. The second kappa shape index (κ2) is 11.8. The Bertz CT molecular complexity index is 1130. The van der Waals surface area contributed by atoms with Crippen LogP contribution < -0.4 is 16.0 Å². The first-order valence-corrected chi connectivity index (χ1v) is 14.8. The predicted molar refractivity (Wildman–Crippen MR) is 154 cm³/mol. The molecule has 4 rings (SSSR count). The fourth-order valence-electron chi connectivity index (χ4n) is 6.15. The number of carbonyl (C=O) groups excluding carboxylic acids is 4. The van der Waals surface area contributed by atoms with Gasteiger partial charge in [-0.1, -0.05) is 33.3 Å². The van der Waals surface area contributed by atoms with E-state index in [2.05, 4.69) is 36.7 Å². The molecule has 9 nitrogen and oxygen atoms in total. The molecule has 2 heterocycles. The van der Waals surface area contributed by atoms with Crippen molar-refractivity contribution in [1.82, 2.24) is 15.5 Å². The second-order valence-corrected chi connectivity index (χ2v) is 13.8. The first kappa shape index (κ1) is 29.9. The minimum atomic E-state index is -0.653. The Hall–Kier alpha value is -3.10. The normalized spacial score (nSPS) is 25.4. The lowest BCUT2D eigenvalue weighted by atomic mass is 9.87. The van der Waals surface area contributed by atoms with Gasteiger partial charge in [0.1, 0.15) is 11.6 Å². The first-order valence-electron chi connectivity index (χ1n) is 14.8. The highest BCUT2D eigenvalue weighted by atomic mass is 16.6. The Morgan fingerprint density at radius 2 is 1.68 bits per heavy atom. The zero-order valence-electron chi connectivity index (χ0n) is 24.9. The fraction of sp³-hybridized carbons (Fsp3) is 0.677. The lowest BCUT2D eigenvalue weighted by molar-refractivity contribution is -0.137. The molecule has 0 unspecified atom stereocenters. The van der Waals surface area contributed by atoms with Crippen LogP contribution in [0.25, 0.3) is 0 Å². The van der Waals surface area contributed by atoms with Crippen LogP contribution in [-0.2, 0) is 14.3 Å². The van der Waals surface area contributed by atoms with E-state index in [1.807, 2.05) is 39.0 Å². The van der Waals surface area contributed by atoms with Gasteiger partial charge in [0.05, 0.1) is 6.04 Å². The van der Waals surface area contributed by atoms with E-state index in [1.54, 1.807) is 4.90 Å². The Labute approximate surface area is 238 Å². The van der Waals surface area contributed by atoms with Crippen LogP contribution in [0.1, 0.15) is 121 Å². The third kappa shape index (κ3) is 7.34. The standard InChI is InChI=1S/C31H46N4O5/c1-30(2,3)18-8-11-23-26-21(28(38)35(23)24-16-17-25(36)34-27(24)37)9-7-10-22(26)32-19-12-14-20(15-13-19)33-29(39)40-31(4,5)6/h7,9-10,19-20,23-24,32H,8,11-18H2,1-6H3,(H,33,39)(H,34,36,37)/t19?,20?,23-,24-/m1/s1. The minimum Gasteiger partial charge on any atom is -0.444 e. The van der Waals surface area contributed by atoms with Crippen LogP contribution in [0, 0.1) is 5.41 Å². The fourth-order valence-corrected chi connectivity index (χ4v) is 6.15. The van der Waals surface area contributed by atoms with Gasteiger partial charge in [0, 0.05) is 35.3 Å². The SMILES string of the molecule is CC(C)(C)CCC[C@@H]1c2c(NC3CCC(NC(=O)OC(C)(C)C)CC3)cccc2C(=O)N1[C@@H]1CCC(=O)NC1=O. The number of nitrogens with zero attached hydrogens (tertiary/aromatic N) is 1. The molecular formula is C31H46N4O5. The number of carbonyl (C=O) groups is 4. The van der Waals surface area contributed by atoms with Crippen molar-refractivity contribution >= 4 is 29.5 Å². The van der Waals surface area contributed by atoms with E-state index in [-0.39, 0.29) is 53.8 Å². The molecule has 3 aliphatic rings. The largest absolute Gasteiger partial charge is 0.444 e. The average molecular weight is 555 g/mol. The Balaban J connectivity index is 1.50. The summed E-state index contributed by atoms with van der Waals surface area (Å²) in [7, 11) is 0. The van der Waals surface area contributed by atoms with Gasteiger partial charge >= 0.3 is 6.09 Å². The monoisotopic (exact) mass is 554 g/mol. The van der Waals surface area contributed by atoms with Crippen molar-refractivity contribution in [3.05, 3.63) is 29.3 Å². The van der Waals surface area contributed by atoms with Crippen LogP contribution in [0.15, 0.2) is 18.2 Å². The highest BCUT2D eigenvalue weighted by molar-refractivity contribution is 6.06. The molecule has 1 aromatic carbocycles. The molecule has 0 radical (unpaired) electrons. The number of anilines is 1. The number of imide groups is 1. The van der Waals surface area contributed by atoms with Crippen LogP contribution in [0.5, 0.6) is 0 Å². The van der Waals surface area contributed by atoms with E-state index in [1.165, 1.54) is 0 Å². The number of nitrogens with one attached hydrogen (secondary N) is 3. The molecule has 1 aromatic rings. The zero-order valence-corrected chi connectivity index (χ0v) is 24.9. The van der Waals surface area contributed by atoms with Gasteiger partial charge in [-0.3, -0.25) is 19.7 Å². The van der Waals surface area contributed by atoms with Crippen molar-refractivity contribution in [2.75, 3.05) is 5.32 Å². The first-order chi connectivity index (χ1) is 18.7. The van der Waals surface area contributed by atoms with Gasteiger partial charge in [0.2, 0.25) is 11.8 Å². The smallest absolute Gasteiger partial charge is 0.407 e. The van der Waals surface area contributed by atoms with Crippen LogP contribution in [0.2, 0.25) is 0 Å². The topological polar surface area (TPSA) is 117 Å². The molecule has 0 bridgehead atoms. The molecule has 1 saturated carbocycles. The summed E-state index contributed by atoms with van der Waals surface area (Å²) in [6.07, 6.45) is 6.29. The molecule has 2 atom stereocenters. The van der Waals surface area contributed by atoms with Crippen LogP contribution in [0.3, 0.4) is 0 Å². The Morgan fingerprint density at radius 3 is 2.30 bits per heavy atom. The van der Waals surface area contributed by atoms with Gasteiger partial charge in [0.15, 0.2) is 0 Å². The molecule has 3 N–H and O–H groups in total. The molecule has 40 heavy (non-hydrogen) atoms. The summed E-state index contributed by atoms with van der Waals surface area (Å²) in [6, 6.07) is 5.17. The van der Waals surface area contributed by atoms with Gasteiger partial charge < -0.3 is 20.3 Å². The van der Waals surface area contributed by atoms with Crippen molar-refractivity contribution < 1.29 is 23.9 Å². The van der Waals surface area contributed by atoms with Gasteiger partial charge in [-0.05, 0) is 83.3 Å². The summed E-state index contributed by atoms with van der Waals surface area (Å²) in [4.78, 5) is 52.4. The summed E-state index contributed by atoms with van der Waals surface area (Å²) < 4.78 is 5.41. The molecule has 220 valence electrons. The number of piperidine rings is 1. The van der Waals surface area contributed by atoms with Gasteiger partial charge in [-0.15, -0.1) is 0 Å². The molecule has 4 amide bonds. The second-order valence-electron chi connectivity index (χ2n) is 13.8. The number of ether oxygens (including phenoxy) is 1. The quantitative estimate of drug-likeness (QED) is 0.386. The number of fused-ring (bicyclic) bond motifs is 1. The summed E-state index contributed by atoms with van der Waals surface area (Å²) in [5, 5.41) is 9.15. The molecule has 2 aliphatic heterocycles. The lowest BCUT2D eigenvalue weighted by Gasteiger charge is -2.36. The molecule has 9 heteroatoms. The maximum absolute atomic E-state index is 13.8. The number of benzene rings is 1. The highest BCUT2D eigenvalue weighted by Gasteiger charge is 2.46. The van der Waals surface area contributed by atoms with E-state index in [4.69, 9.17) is 4.74 Å². The number of rotatable bonds is 7. The van der Waals surface area contributed by atoms with E-state index in [0.29, 0.717) is 12.0 Å². The maximum Gasteiger partial charge on any atom is 0.407 e. The molecule has 1 saturated heterocycles. The van der Waals surface area contributed by atoms with Gasteiger partial charge in [-0.25, -0.2) is 4.79 Å². The third-order valence-electron chi connectivity index (χ3n) is 8.00. The molecule has 1 aliphatic carbocycles. The van der Waals surface area contributed by atoms with Crippen LogP contribution >= 0.6 is 0 Å². The summed E-state index contributed by atoms with van der Waals surface area (Å²) in [5.74, 6) is -0.809. The lowest BCUT2D eigenvalue weighted by Crippen LogP contribution is -2.53. The van der Waals surface area contributed by atoms with E-state index in [0.717, 1.165) is 56.2 Å². The average Bonchev–Trinajstić information content (AvgIpc) is 3.11. The molecule has 2 fully saturated rings. The summed E-state index contributed by atoms with van der Waals surface area (Å²) in [6.45, 7) is 12.2. The van der Waals surface area contributed by atoms with Crippen molar-refractivity contribution in [1.29, 1.82) is 0 Å². The number of hydrogen-bond donors (Lipinski definition) is 3. The van der Waals surface area contributed by atoms with Crippen molar-refractivity contribution in [3.63, 3.8) is 0 Å². The van der Waals surface area contributed by atoms with E-state index < -0.39 is 11.6 Å². The number of amides is 4.